The Hall–Kier alpha value is -0.603. The molecule has 1 heterocycles. The molecule has 0 amide bonds. The minimum absolute atomic E-state index is 0.904. The van der Waals surface area contributed by atoms with Crippen molar-refractivity contribution < 1.29 is 0 Å². The summed E-state index contributed by atoms with van der Waals surface area (Å²) < 4.78 is 0. The Morgan fingerprint density at radius 2 is 1.69 bits per heavy atom. The predicted octanol–water partition coefficient (Wildman–Crippen LogP) is 2.68. The molecule has 2 rings (SSSR count). The molecule has 1 aliphatic rings. The minimum Gasteiger partial charge on any atom is -0.298 e. The molecule has 0 N–H and O–H groups in total. The molecule has 2 heteroatoms. The van der Waals surface area contributed by atoms with Gasteiger partial charge in [-0.3, -0.25) is 4.90 Å². The third kappa shape index (κ3) is 2.74. The molecule has 1 aliphatic heterocycles. The van der Waals surface area contributed by atoms with Crippen LogP contribution in [0, 0.1) is 5.92 Å². The molecule has 1 aromatic carbocycles. The Labute approximate surface area is 100 Å². The average Bonchev–Trinajstić information content (AvgIpc) is 2.15. The van der Waals surface area contributed by atoms with Gasteiger partial charge >= 0.3 is 0 Å². The Morgan fingerprint density at radius 1 is 1.12 bits per heavy atom. The second-order valence-electron chi connectivity index (χ2n) is 6.25. The zero-order valence-electron chi connectivity index (χ0n) is 11.0. The van der Waals surface area contributed by atoms with Gasteiger partial charge in [-0.05, 0) is 11.5 Å². The topological polar surface area (TPSA) is 3.24 Å². The Kier molecular flexibility index (Phi) is 3.22. The van der Waals surface area contributed by atoms with Gasteiger partial charge in [-0.25, -0.2) is 0 Å². The van der Waals surface area contributed by atoms with Crippen LogP contribution in [-0.2, 0) is 6.54 Å². The van der Waals surface area contributed by atoms with E-state index in [9.17, 15) is 0 Å². The number of likely N-dealkylation sites (tertiary alicyclic amines) is 1. The zero-order valence-corrected chi connectivity index (χ0v) is 12.0. The zero-order chi connectivity index (χ0) is 11.8. The molecule has 0 spiro atoms. The first-order valence-corrected chi connectivity index (χ1v) is 9.77. The minimum atomic E-state index is -1.12. The normalized spacial score (nSPS) is 18.5. The van der Waals surface area contributed by atoms with E-state index in [1.165, 1.54) is 18.7 Å². The number of benzene rings is 1. The van der Waals surface area contributed by atoms with Crippen LogP contribution in [0.3, 0.4) is 0 Å². The van der Waals surface area contributed by atoms with E-state index in [2.05, 4.69) is 55.7 Å². The van der Waals surface area contributed by atoms with E-state index in [4.69, 9.17) is 0 Å². The van der Waals surface area contributed by atoms with Crippen molar-refractivity contribution in [2.75, 3.05) is 13.1 Å². The number of hydrogen-bond acceptors (Lipinski definition) is 1. The summed E-state index contributed by atoms with van der Waals surface area (Å²) in [4.78, 5) is 2.52. The SMILES string of the molecule is CC1CN(Cc2ccc([Si](C)(C)C)cc2)C1. The van der Waals surface area contributed by atoms with E-state index in [0.29, 0.717) is 0 Å². The van der Waals surface area contributed by atoms with Gasteiger partial charge in [0, 0.05) is 19.6 Å². The molecule has 1 fully saturated rings. The lowest BCUT2D eigenvalue weighted by atomic mass is 10.0. The highest BCUT2D eigenvalue weighted by Gasteiger charge is 2.22. The van der Waals surface area contributed by atoms with Gasteiger partial charge in [0.05, 0.1) is 8.07 Å². The first-order valence-electron chi connectivity index (χ1n) is 6.27. The molecular formula is C14H23NSi. The van der Waals surface area contributed by atoms with Crippen molar-refractivity contribution in [1.29, 1.82) is 0 Å². The highest BCUT2D eigenvalue weighted by Crippen LogP contribution is 2.17. The van der Waals surface area contributed by atoms with Crippen molar-refractivity contribution in [2.45, 2.75) is 33.1 Å². The molecule has 0 aromatic heterocycles. The van der Waals surface area contributed by atoms with Crippen molar-refractivity contribution in [3.63, 3.8) is 0 Å². The van der Waals surface area contributed by atoms with E-state index in [1.54, 1.807) is 5.19 Å². The molecule has 1 nitrogen and oxygen atoms in total. The summed E-state index contributed by atoms with van der Waals surface area (Å²) in [6.45, 7) is 13.2. The highest BCUT2D eigenvalue weighted by molar-refractivity contribution is 6.88. The Morgan fingerprint density at radius 3 is 2.12 bits per heavy atom. The van der Waals surface area contributed by atoms with Gasteiger partial charge in [0.15, 0.2) is 0 Å². The van der Waals surface area contributed by atoms with Gasteiger partial charge in [0.25, 0.3) is 0 Å². The molecule has 1 saturated heterocycles. The van der Waals surface area contributed by atoms with E-state index in [1.807, 2.05) is 0 Å². The molecule has 0 bridgehead atoms. The van der Waals surface area contributed by atoms with Crippen molar-refractivity contribution in [1.82, 2.24) is 4.90 Å². The maximum absolute atomic E-state index is 2.52. The summed E-state index contributed by atoms with van der Waals surface area (Å²) in [5.41, 5.74) is 1.47. The molecule has 0 saturated carbocycles. The smallest absolute Gasteiger partial charge is 0.0775 e. The van der Waals surface area contributed by atoms with Crippen molar-refractivity contribution in [2.24, 2.45) is 5.92 Å². The van der Waals surface area contributed by atoms with Crippen LogP contribution in [-0.4, -0.2) is 26.1 Å². The maximum Gasteiger partial charge on any atom is 0.0775 e. The lowest BCUT2D eigenvalue weighted by Gasteiger charge is -2.37. The van der Waals surface area contributed by atoms with E-state index < -0.39 is 8.07 Å². The van der Waals surface area contributed by atoms with Gasteiger partial charge < -0.3 is 0 Å². The van der Waals surface area contributed by atoms with Crippen LogP contribution in [0.1, 0.15) is 12.5 Å². The number of rotatable bonds is 3. The first kappa shape index (κ1) is 11.9. The van der Waals surface area contributed by atoms with Crippen molar-refractivity contribution in [3.05, 3.63) is 29.8 Å². The second kappa shape index (κ2) is 4.34. The second-order valence-corrected chi connectivity index (χ2v) is 11.3. The van der Waals surface area contributed by atoms with Crippen LogP contribution in [0.4, 0.5) is 0 Å². The van der Waals surface area contributed by atoms with Crippen molar-refractivity contribution in [3.8, 4) is 0 Å². The molecule has 16 heavy (non-hydrogen) atoms. The fourth-order valence-electron chi connectivity index (χ4n) is 2.33. The summed E-state index contributed by atoms with van der Waals surface area (Å²) in [6, 6.07) is 9.31. The molecule has 0 radical (unpaired) electrons. The maximum atomic E-state index is 2.52. The Balaban J connectivity index is 1.97. The lowest BCUT2D eigenvalue weighted by molar-refractivity contribution is 0.105. The molecule has 0 unspecified atom stereocenters. The summed E-state index contributed by atoms with van der Waals surface area (Å²) in [7, 11) is -1.12. The van der Waals surface area contributed by atoms with Gasteiger partial charge in [0.2, 0.25) is 0 Å². The Bertz CT molecular complexity index is 344. The average molecular weight is 233 g/mol. The number of nitrogens with zero attached hydrogens (tertiary/aromatic N) is 1. The quantitative estimate of drug-likeness (QED) is 0.726. The van der Waals surface area contributed by atoms with Crippen LogP contribution in [0.2, 0.25) is 19.6 Å². The van der Waals surface area contributed by atoms with Gasteiger partial charge in [0.1, 0.15) is 0 Å². The van der Waals surface area contributed by atoms with Gasteiger partial charge in [-0.15, -0.1) is 0 Å². The molecule has 0 aliphatic carbocycles. The van der Waals surface area contributed by atoms with E-state index in [0.717, 1.165) is 12.5 Å². The van der Waals surface area contributed by atoms with Crippen LogP contribution in [0.15, 0.2) is 24.3 Å². The van der Waals surface area contributed by atoms with Crippen LogP contribution >= 0.6 is 0 Å². The summed E-state index contributed by atoms with van der Waals surface area (Å²) in [6.07, 6.45) is 0. The molecule has 1 aromatic rings. The first-order chi connectivity index (χ1) is 7.45. The highest BCUT2D eigenvalue weighted by atomic mass is 28.3. The summed E-state index contributed by atoms with van der Waals surface area (Å²) in [5.74, 6) is 0.904. The third-order valence-corrected chi connectivity index (χ3v) is 5.43. The largest absolute Gasteiger partial charge is 0.298 e. The monoisotopic (exact) mass is 233 g/mol. The van der Waals surface area contributed by atoms with Gasteiger partial charge in [-0.1, -0.05) is 56.0 Å². The van der Waals surface area contributed by atoms with Crippen LogP contribution in [0.5, 0.6) is 0 Å². The standard InChI is InChI=1S/C14H23NSi/c1-12-9-15(10-12)11-13-5-7-14(8-6-13)16(2,3)4/h5-8,12H,9-11H2,1-4H3. The number of hydrogen-bond donors (Lipinski definition) is 0. The van der Waals surface area contributed by atoms with E-state index in [-0.39, 0.29) is 0 Å². The summed E-state index contributed by atoms with van der Waals surface area (Å²) >= 11 is 0. The molecule has 0 atom stereocenters. The fraction of sp³-hybridized carbons (Fsp3) is 0.571. The van der Waals surface area contributed by atoms with Crippen LogP contribution in [0.25, 0.3) is 0 Å². The fourth-order valence-corrected chi connectivity index (χ4v) is 3.49. The van der Waals surface area contributed by atoms with Crippen LogP contribution < -0.4 is 5.19 Å². The molecule has 88 valence electrons. The molecular weight excluding hydrogens is 210 g/mol. The lowest BCUT2D eigenvalue weighted by Crippen LogP contribution is -2.44. The van der Waals surface area contributed by atoms with Crippen molar-refractivity contribution >= 4 is 13.3 Å². The van der Waals surface area contributed by atoms with Gasteiger partial charge in [-0.2, -0.15) is 0 Å². The summed E-state index contributed by atoms with van der Waals surface area (Å²) in [5, 5.41) is 1.56. The third-order valence-electron chi connectivity index (χ3n) is 3.37. The van der Waals surface area contributed by atoms with E-state index >= 15 is 0 Å². The predicted molar refractivity (Wildman–Crippen MR) is 73.9 cm³/mol.